The molecule has 0 fully saturated rings. The lowest BCUT2D eigenvalue weighted by Gasteiger charge is -2.08. The van der Waals surface area contributed by atoms with Gasteiger partial charge in [0, 0.05) is 4.47 Å². The van der Waals surface area contributed by atoms with E-state index in [1.54, 1.807) is 25.3 Å². The van der Waals surface area contributed by atoms with Crippen LogP contribution < -0.4 is 15.9 Å². The molecular formula is C17H15BrClN5O2S. The number of carbonyl (C=O) groups excluding carboxylic acids is 1. The molecule has 27 heavy (non-hydrogen) atoms. The summed E-state index contributed by atoms with van der Waals surface area (Å²) in [6.07, 6.45) is 0. The lowest BCUT2D eigenvalue weighted by molar-refractivity contribution is -0.113. The SMILES string of the molecule is COc1ccccc1-c1nnc(SCC(=O)Nc2ccc(Br)cc2Cl)n1N. The highest BCUT2D eigenvalue weighted by Gasteiger charge is 2.17. The molecule has 7 nitrogen and oxygen atoms in total. The van der Waals surface area contributed by atoms with Gasteiger partial charge < -0.3 is 15.9 Å². The number of nitrogen functional groups attached to an aromatic ring is 1. The van der Waals surface area contributed by atoms with Crippen LogP contribution in [-0.2, 0) is 4.79 Å². The molecule has 3 N–H and O–H groups in total. The maximum atomic E-state index is 12.2. The van der Waals surface area contributed by atoms with E-state index in [2.05, 4.69) is 31.4 Å². The van der Waals surface area contributed by atoms with Crippen LogP contribution in [0.15, 0.2) is 52.1 Å². The number of nitrogens with one attached hydrogen (secondary N) is 1. The molecule has 0 bridgehead atoms. The van der Waals surface area contributed by atoms with Gasteiger partial charge in [0.2, 0.25) is 11.1 Å². The van der Waals surface area contributed by atoms with Crippen LogP contribution in [0.4, 0.5) is 5.69 Å². The number of carbonyl (C=O) groups is 1. The molecule has 0 saturated heterocycles. The number of methoxy groups -OCH3 is 1. The Bertz CT molecular complexity index is 982. The van der Waals surface area contributed by atoms with E-state index in [9.17, 15) is 4.79 Å². The minimum atomic E-state index is -0.230. The summed E-state index contributed by atoms with van der Waals surface area (Å²) in [7, 11) is 1.57. The van der Waals surface area contributed by atoms with E-state index in [0.717, 1.165) is 4.47 Å². The zero-order valence-electron chi connectivity index (χ0n) is 14.1. The Morgan fingerprint density at radius 1 is 1.33 bits per heavy atom. The van der Waals surface area contributed by atoms with Crippen LogP contribution in [0.1, 0.15) is 0 Å². The fraction of sp³-hybridized carbons (Fsp3) is 0.118. The summed E-state index contributed by atoms with van der Waals surface area (Å²) >= 11 is 10.6. The minimum absolute atomic E-state index is 0.105. The van der Waals surface area contributed by atoms with E-state index >= 15 is 0 Å². The van der Waals surface area contributed by atoms with Crippen molar-refractivity contribution in [3.63, 3.8) is 0 Å². The normalized spacial score (nSPS) is 10.6. The van der Waals surface area contributed by atoms with Crippen molar-refractivity contribution in [2.45, 2.75) is 5.16 Å². The Kier molecular flexibility index (Phi) is 6.25. The maximum Gasteiger partial charge on any atom is 0.234 e. The third-order valence-electron chi connectivity index (χ3n) is 3.55. The van der Waals surface area contributed by atoms with Crippen molar-refractivity contribution < 1.29 is 9.53 Å². The summed E-state index contributed by atoms with van der Waals surface area (Å²) in [5.74, 6) is 7.06. The van der Waals surface area contributed by atoms with E-state index < -0.39 is 0 Å². The lowest BCUT2D eigenvalue weighted by atomic mass is 10.2. The highest BCUT2D eigenvalue weighted by atomic mass is 79.9. The van der Waals surface area contributed by atoms with Crippen molar-refractivity contribution in [3.05, 3.63) is 52.0 Å². The molecule has 3 aromatic rings. The number of nitrogens with zero attached hydrogens (tertiary/aromatic N) is 3. The standard InChI is InChI=1S/C17H15BrClN5O2S/c1-26-14-5-3-2-4-11(14)16-22-23-17(24(16)20)27-9-15(25)21-13-7-6-10(18)8-12(13)19/h2-8H,9,20H2,1H3,(H,21,25). The maximum absolute atomic E-state index is 12.2. The zero-order chi connectivity index (χ0) is 19.4. The van der Waals surface area contributed by atoms with Gasteiger partial charge >= 0.3 is 0 Å². The topological polar surface area (TPSA) is 95.1 Å². The number of rotatable bonds is 6. The summed E-state index contributed by atoms with van der Waals surface area (Å²) in [6, 6.07) is 12.6. The summed E-state index contributed by atoms with van der Waals surface area (Å²) in [5.41, 5.74) is 1.25. The monoisotopic (exact) mass is 467 g/mol. The first-order valence-electron chi connectivity index (χ1n) is 7.71. The van der Waals surface area contributed by atoms with E-state index in [-0.39, 0.29) is 11.7 Å². The average Bonchev–Trinajstić information content (AvgIpc) is 3.02. The van der Waals surface area contributed by atoms with Gasteiger partial charge in [0.15, 0.2) is 5.82 Å². The van der Waals surface area contributed by atoms with Gasteiger partial charge in [-0.25, -0.2) is 4.68 Å². The Morgan fingerprint density at radius 3 is 2.85 bits per heavy atom. The first-order valence-corrected chi connectivity index (χ1v) is 9.87. The van der Waals surface area contributed by atoms with Crippen LogP contribution in [0.2, 0.25) is 5.02 Å². The molecule has 0 aliphatic heterocycles. The molecule has 3 rings (SSSR count). The number of aromatic nitrogens is 3. The number of thioether (sulfide) groups is 1. The molecule has 2 aromatic carbocycles. The van der Waals surface area contributed by atoms with Crippen LogP contribution in [0.3, 0.4) is 0 Å². The number of anilines is 1. The van der Waals surface area contributed by atoms with Gasteiger partial charge in [-0.2, -0.15) is 0 Å². The smallest absolute Gasteiger partial charge is 0.234 e. The van der Waals surface area contributed by atoms with Gasteiger partial charge in [-0.15, -0.1) is 10.2 Å². The van der Waals surface area contributed by atoms with Crippen LogP contribution in [-0.4, -0.2) is 33.6 Å². The van der Waals surface area contributed by atoms with Crippen molar-refractivity contribution >= 4 is 50.9 Å². The predicted molar refractivity (Wildman–Crippen MR) is 111 cm³/mol. The third kappa shape index (κ3) is 4.55. The Balaban J connectivity index is 1.68. The van der Waals surface area contributed by atoms with Crippen LogP contribution >= 0.6 is 39.3 Å². The van der Waals surface area contributed by atoms with Gasteiger partial charge in [-0.3, -0.25) is 4.79 Å². The van der Waals surface area contributed by atoms with Gasteiger partial charge in [0.25, 0.3) is 0 Å². The molecule has 0 radical (unpaired) electrons. The van der Waals surface area contributed by atoms with Gasteiger partial charge in [-0.05, 0) is 30.3 Å². The quantitative estimate of drug-likeness (QED) is 0.422. The Labute approximate surface area is 173 Å². The fourth-order valence-corrected chi connectivity index (χ4v) is 3.67. The van der Waals surface area contributed by atoms with E-state index in [4.69, 9.17) is 22.2 Å². The van der Waals surface area contributed by atoms with Crippen molar-refractivity contribution in [2.75, 3.05) is 24.0 Å². The fourth-order valence-electron chi connectivity index (χ4n) is 2.30. The van der Waals surface area contributed by atoms with Crippen molar-refractivity contribution in [2.24, 2.45) is 0 Å². The molecule has 1 heterocycles. The number of benzene rings is 2. The Morgan fingerprint density at radius 2 is 2.11 bits per heavy atom. The summed E-state index contributed by atoms with van der Waals surface area (Å²) in [4.78, 5) is 12.2. The van der Waals surface area contributed by atoms with E-state index in [1.807, 2.05) is 24.3 Å². The summed E-state index contributed by atoms with van der Waals surface area (Å²) < 4.78 is 7.49. The number of amides is 1. The lowest BCUT2D eigenvalue weighted by Crippen LogP contribution is -2.16. The molecule has 0 spiro atoms. The van der Waals surface area contributed by atoms with E-state index in [1.165, 1.54) is 16.4 Å². The number of hydrogen-bond acceptors (Lipinski definition) is 6. The molecule has 0 aliphatic carbocycles. The summed E-state index contributed by atoms with van der Waals surface area (Å²) in [6.45, 7) is 0. The molecule has 10 heteroatoms. The number of ether oxygens (including phenoxy) is 1. The molecule has 1 amide bonds. The van der Waals surface area contributed by atoms with Crippen molar-refractivity contribution in [3.8, 4) is 17.1 Å². The molecular weight excluding hydrogens is 454 g/mol. The Hall–Kier alpha value is -2.23. The predicted octanol–water partition coefficient (Wildman–Crippen LogP) is 3.81. The number of halogens is 2. The molecule has 0 unspecified atom stereocenters. The number of hydrogen-bond donors (Lipinski definition) is 2. The number of nitrogens with two attached hydrogens (primary N) is 1. The van der Waals surface area contributed by atoms with E-state index in [0.29, 0.717) is 33.0 Å². The third-order valence-corrected chi connectivity index (χ3v) is 5.30. The molecule has 1 aromatic heterocycles. The van der Waals surface area contributed by atoms with Gasteiger partial charge in [-0.1, -0.05) is 51.4 Å². The average molecular weight is 469 g/mol. The second-order valence-electron chi connectivity index (χ2n) is 5.34. The highest BCUT2D eigenvalue weighted by molar-refractivity contribution is 9.10. The first kappa shape index (κ1) is 19.5. The second-order valence-corrected chi connectivity index (χ2v) is 7.60. The first-order chi connectivity index (χ1) is 13.0. The number of para-hydroxylation sites is 1. The minimum Gasteiger partial charge on any atom is -0.496 e. The molecule has 0 atom stereocenters. The highest BCUT2D eigenvalue weighted by Crippen LogP contribution is 2.30. The van der Waals surface area contributed by atoms with Crippen molar-refractivity contribution in [1.29, 1.82) is 0 Å². The van der Waals surface area contributed by atoms with Crippen molar-refractivity contribution in [1.82, 2.24) is 14.9 Å². The van der Waals surface area contributed by atoms with Crippen LogP contribution in [0.25, 0.3) is 11.4 Å². The molecule has 0 aliphatic rings. The van der Waals surface area contributed by atoms with Crippen LogP contribution in [0.5, 0.6) is 5.75 Å². The molecule has 0 saturated carbocycles. The second kappa shape index (κ2) is 8.64. The largest absolute Gasteiger partial charge is 0.496 e. The summed E-state index contributed by atoms with van der Waals surface area (Å²) in [5, 5.41) is 11.8. The van der Waals surface area contributed by atoms with Crippen LogP contribution in [0, 0.1) is 0 Å². The zero-order valence-corrected chi connectivity index (χ0v) is 17.3. The molecule has 140 valence electrons. The van der Waals surface area contributed by atoms with Gasteiger partial charge in [0.1, 0.15) is 5.75 Å². The van der Waals surface area contributed by atoms with Gasteiger partial charge in [0.05, 0.1) is 29.1 Å².